The van der Waals surface area contributed by atoms with E-state index in [1.807, 2.05) is 6.92 Å². The summed E-state index contributed by atoms with van der Waals surface area (Å²) in [7, 11) is -4.25. The van der Waals surface area contributed by atoms with E-state index < -0.39 is 57.9 Å². The van der Waals surface area contributed by atoms with Crippen LogP contribution in [0.1, 0.15) is 78.6 Å². The molecule has 0 saturated carbocycles. The molecule has 1 N–H and O–H groups in total. The van der Waals surface area contributed by atoms with Crippen molar-refractivity contribution in [2.24, 2.45) is 5.41 Å². The monoisotopic (exact) mass is 720 g/mol. The van der Waals surface area contributed by atoms with Gasteiger partial charge in [0.2, 0.25) is 0 Å². The number of alkyl halides is 3. The number of pyridine rings is 2. The predicted octanol–water partition coefficient (Wildman–Crippen LogP) is 5.81. The van der Waals surface area contributed by atoms with Crippen LogP contribution in [0.25, 0.3) is 0 Å². The Bertz CT molecular complexity index is 1690. The van der Waals surface area contributed by atoms with Gasteiger partial charge in [0.1, 0.15) is 18.0 Å². The second-order valence-electron chi connectivity index (χ2n) is 14.0. The van der Waals surface area contributed by atoms with E-state index in [1.165, 1.54) is 41.4 Å². The highest BCUT2D eigenvalue weighted by Gasteiger charge is 2.39. The van der Waals surface area contributed by atoms with Crippen molar-refractivity contribution in [3.8, 4) is 0 Å². The number of carboxylic acid groups (broad SMARTS) is 1. The predicted molar refractivity (Wildman–Crippen MR) is 182 cm³/mol. The number of carbonyl (C=O) groups is 2. The summed E-state index contributed by atoms with van der Waals surface area (Å²) < 4.78 is 75.2. The first-order chi connectivity index (χ1) is 23.1. The summed E-state index contributed by atoms with van der Waals surface area (Å²) in [4.78, 5) is 36.7. The average molecular weight is 721 g/mol. The molecule has 2 atom stereocenters. The summed E-state index contributed by atoms with van der Waals surface area (Å²) in [5.41, 5.74) is -1.02. The minimum absolute atomic E-state index is 0.0212. The molecule has 0 saturated heterocycles. The van der Waals surface area contributed by atoms with Crippen LogP contribution >= 0.6 is 0 Å². The van der Waals surface area contributed by atoms with Gasteiger partial charge in [0, 0.05) is 18.4 Å². The van der Waals surface area contributed by atoms with Crippen molar-refractivity contribution in [1.82, 2.24) is 14.7 Å². The number of carboxylic acids is 1. The highest BCUT2D eigenvalue weighted by atomic mass is 32.2. The zero-order valence-electron chi connectivity index (χ0n) is 29.3. The van der Waals surface area contributed by atoms with Gasteiger partial charge in [-0.3, -0.25) is 4.90 Å². The fourth-order valence-corrected chi connectivity index (χ4v) is 6.32. The number of amides is 1. The first-order valence-electron chi connectivity index (χ1n) is 16.2. The Balaban J connectivity index is 2.12. The lowest BCUT2D eigenvalue weighted by atomic mass is 9.85. The molecule has 15 heteroatoms. The molecule has 0 aliphatic rings. The topological polar surface area (TPSA) is 145 Å². The third-order valence-electron chi connectivity index (χ3n) is 7.36. The van der Waals surface area contributed by atoms with Crippen molar-refractivity contribution in [1.29, 1.82) is 0 Å². The van der Waals surface area contributed by atoms with Crippen LogP contribution in [0.2, 0.25) is 0 Å². The number of ether oxygens (including phenoxy) is 1. The van der Waals surface area contributed by atoms with Crippen molar-refractivity contribution in [3.63, 3.8) is 0 Å². The fraction of sp³-hybridized carbons (Fsp3) is 0.486. The van der Waals surface area contributed by atoms with Gasteiger partial charge in [0.05, 0.1) is 23.7 Å². The van der Waals surface area contributed by atoms with Gasteiger partial charge >= 0.3 is 12.3 Å². The summed E-state index contributed by atoms with van der Waals surface area (Å²) in [5, 5.41) is 12.2. The van der Waals surface area contributed by atoms with Gasteiger partial charge in [-0.25, -0.2) is 27.9 Å². The SMILES string of the molecule is CCCCN(CC(F)(F)F)c1ccc(CC(NS(=O)(=O)c2ccccn2)c2cccc(N(C(=O)OC(C)(C)C)C(C(=O)[O-])C(C)(C)C)n2)cc1. The van der Waals surface area contributed by atoms with E-state index in [0.717, 1.165) is 4.90 Å². The van der Waals surface area contributed by atoms with Crippen molar-refractivity contribution in [2.45, 2.75) is 96.6 Å². The van der Waals surface area contributed by atoms with Crippen LogP contribution in [0.15, 0.2) is 71.9 Å². The standard InChI is InChI=1S/C35H46F3N5O6S/c1-8-9-21-42(23-35(36,37)38)25-18-16-24(17-19-25)22-27(41-50(47,48)29-15-10-11-20-39-29)26-13-12-14-28(40-26)43(32(46)49-34(5,6)7)30(31(44)45)33(2,3)4/h10-20,27,30,41H,8-9,21-23H2,1-7H3,(H,44,45)/p-1. The average Bonchev–Trinajstić information content (AvgIpc) is 3.00. The molecule has 0 fully saturated rings. The molecule has 0 radical (unpaired) electrons. The van der Waals surface area contributed by atoms with Crippen molar-refractivity contribution in [2.75, 3.05) is 22.9 Å². The highest BCUT2D eigenvalue weighted by molar-refractivity contribution is 7.89. The molecule has 1 amide bonds. The number of rotatable bonds is 14. The number of aliphatic carboxylic acids is 1. The number of unbranched alkanes of at least 4 members (excludes halogenated alkanes) is 1. The number of aromatic nitrogens is 2. The highest BCUT2D eigenvalue weighted by Crippen LogP contribution is 2.31. The first kappa shape index (κ1) is 40.2. The molecule has 0 aliphatic carbocycles. The maximum atomic E-state index is 13.6. The Morgan fingerprint density at radius 1 is 0.960 bits per heavy atom. The molecular formula is C35H45F3N5O6S-. The molecule has 3 rings (SSSR count). The third-order valence-corrected chi connectivity index (χ3v) is 8.74. The summed E-state index contributed by atoms with van der Waals surface area (Å²) >= 11 is 0. The van der Waals surface area contributed by atoms with Crippen LogP contribution in [0.5, 0.6) is 0 Å². The smallest absolute Gasteiger partial charge is 0.416 e. The van der Waals surface area contributed by atoms with Crippen molar-refractivity contribution >= 4 is 33.6 Å². The Kier molecular flexibility index (Phi) is 13.0. The minimum atomic E-state index is -4.41. The summed E-state index contributed by atoms with van der Waals surface area (Å²) in [6, 6.07) is 12.4. The van der Waals surface area contributed by atoms with Gasteiger partial charge in [-0.15, -0.1) is 0 Å². The maximum Gasteiger partial charge on any atom is 0.416 e. The van der Waals surface area contributed by atoms with Crippen LogP contribution < -0.4 is 19.6 Å². The number of hydrogen-bond donors (Lipinski definition) is 1. The second kappa shape index (κ2) is 16.2. The van der Waals surface area contributed by atoms with E-state index in [2.05, 4.69) is 14.7 Å². The van der Waals surface area contributed by atoms with E-state index in [1.54, 1.807) is 71.9 Å². The number of carbonyl (C=O) groups excluding carboxylic acids is 2. The van der Waals surface area contributed by atoms with Crippen LogP contribution in [0.4, 0.5) is 29.5 Å². The number of halogens is 3. The summed E-state index contributed by atoms with van der Waals surface area (Å²) in [5.74, 6) is -1.68. The van der Waals surface area contributed by atoms with Crippen LogP contribution in [0.3, 0.4) is 0 Å². The van der Waals surface area contributed by atoms with Gasteiger partial charge in [-0.1, -0.05) is 58.4 Å². The van der Waals surface area contributed by atoms with Crippen LogP contribution in [-0.4, -0.2) is 61.4 Å². The van der Waals surface area contributed by atoms with E-state index in [-0.39, 0.29) is 29.5 Å². The molecule has 1 aromatic carbocycles. The lowest BCUT2D eigenvalue weighted by molar-refractivity contribution is -0.309. The molecule has 0 aliphatic heterocycles. The lowest BCUT2D eigenvalue weighted by Gasteiger charge is -2.40. The third kappa shape index (κ3) is 11.7. The Hall–Kier alpha value is -4.24. The number of benzene rings is 1. The van der Waals surface area contributed by atoms with Gasteiger partial charge < -0.3 is 19.5 Å². The van der Waals surface area contributed by atoms with E-state index in [4.69, 9.17) is 4.74 Å². The molecule has 0 spiro atoms. The first-order valence-corrected chi connectivity index (χ1v) is 17.6. The fourth-order valence-electron chi connectivity index (χ4n) is 5.16. The van der Waals surface area contributed by atoms with E-state index in [9.17, 15) is 36.3 Å². The second-order valence-corrected chi connectivity index (χ2v) is 15.6. The molecule has 274 valence electrons. The Morgan fingerprint density at radius 2 is 1.62 bits per heavy atom. The van der Waals surface area contributed by atoms with Crippen LogP contribution in [-0.2, 0) is 26.0 Å². The molecule has 3 aromatic rings. The minimum Gasteiger partial charge on any atom is -0.548 e. The molecule has 2 aromatic heterocycles. The van der Waals surface area contributed by atoms with Gasteiger partial charge in [-0.05, 0) is 81.0 Å². The normalized spacial score (nSPS) is 13.7. The van der Waals surface area contributed by atoms with E-state index >= 15 is 0 Å². The number of sulfonamides is 1. The van der Waals surface area contributed by atoms with Gasteiger partial charge in [-0.2, -0.15) is 13.2 Å². The van der Waals surface area contributed by atoms with Crippen molar-refractivity contribution in [3.05, 3.63) is 78.1 Å². The molecule has 0 bridgehead atoms. The molecule has 11 nitrogen and oxygen atoms in total. The number of anilines is 2. The van der Waals surface area contributed by atoms with Gasteiger partial charge in [0.25, 0.3) is 10.0 Å². The maximum absolute atomic E-state index is 13.6. The Morgan fingerprint density at radius 3 is 2.14 bits per heavy atom. The van der Waals surface area contributed by atoms with E-state index in [0.29, 0.717) is 24.1 Å². The van der Waals surface area contributed by atoms with Crippen LogP contribution in [0, 0.1) is 5.41 Å². The zero-order chi connectivity index (χ0) is 37.5. The summed E-state index contributed by atoms with van der Waals surface area (Å²) in [6.07, 6.45) is -2.84. The van der Waals surface area contributed by atoms with Crippen molar-refractivity contribution < 1.29 is 41.0 Å². The van der Waals surface area contributed by atoms with Gasteiger partial charge in [0.15, 0.2) is 5.03 Å². The summed E-state index contributed by atoms with van der Waals surface area (Å²) in [6.45, 7) is 10.7. The number of hydrogen-bond acceptors (Lipinski definition) is 9. The number of nitrogens with zero attached hydrogens (tertiary/aromatic N) is 4. The molecule has 2 unspecified atom stereocenters. The lowest BCUT2D eigenvalue weighted by Crippen LogP contribution is -2.58. The molecule has 50 heavy (non-hydrogen) atoms. The zero-order valence-corrected chi connectivity index (χ0v) is 30.1. The largest absolute Gasteiger partial charge is 0.548 e. The molecule has 2 heterocycles. The number of nitrogens with one attached hydrogen (secondary N) is 1. The molecular weight excluding hydrogens is 675 g/mol. The quantitative estimate of drug-likeness (QED) is 0.218. The Labute approximate surface area is 291 Å².